The fraction of sp³-hybridized carbons (Fsp3) is 0. The predicted octanol–water partition coefficient (Wildman–Crippen LogP) is 5.58. The van der Waals surface area contributed by atoms with Crippen LogP contribution in [0.15, 0.2) is 84.9 Å². The first kappa shape index (κ1) is 17.9. The van der Waals surface area contributed by atoms with Gasteiger partial charge in [0.2, 0.25) is 0 Å². The summed E-state index contributed by atoms with van der Waals surface area (Å²) in [6, 6.07) is 24.1. The molecule has 4 nitrogen and oxygen atoms in total. The first-order valence-electron chi connectivity index (χ1n) is 8.59. The standard InChI is InChI=1S/C22H15ClFN3O/c23-18-11-4-5-12-20(18)27-21(14-19(26-27)15-7-2-1-3-8-15)25-22(28)16-9-6-10-17(24)13-16/h1-14H,(H,25,28). The molecule has 28 heavy (non-hydrogen) atoms. The number of hydrogen-bond donors (Lipinski definition) is 1. The van der Waals surface area contributed by atoms with Gasteiger partial charge < -0.3 is 5.32 Å². The average Bonchev–Trinajstić information content (AvgIpc) is 3.12. The lowest BCUT2D eigenvalue weighted by atomic mass is 10.1. The monoisotopic (exact) mass is 391 g/mol. The van der Waals surface area contributed by atoms with Gasteiger partial charge in [-0.25, -0.2) is 9.07 Å². The van der Waals surface area contributed by atoms with Crippen LogP contribution in [0.1, 0.15) is 10.4 Å². The third kappa shape index (κ3) is 3.66. The van der Waals surface area contributed by atoms with Crippen molar-refractivity contribution in [2.75, 3.05) is 5.32 Å². The Morgan fingerprint density at radius 3 is 2.43 bits per heavy atom. The number of nitrogens with zero attached hydrogens (tertiary/aromatic N) is 2. The van der Waals surface area contributed by atoms with Gasteiger partial charge in [-0.15, -0.1) is 0 Å². The molecule has 0 saturated carbocycles. The number of carbonyl (C=O) groups excluding carboxylic acids is 1. The Hall–Kier alpha value is -3.44. The Morgan fingerprint density at radius 2 is 1.68 bits per heavy atom. The molecule has 0 unspecified atom stereocenters. The van der Waals surface area contributed by atoms with E-state index in [1.807, 2.05) is 48.5 Å². The molecule has 1 aromatic heterocycles. The average molecular weight is 392 g/mol. The molecule has 1 heterocycles. The lowest BCUT2D eigenvalue weighted by Crippen LogP contribution is -2.15. The van der Waals surface area contributed by atoms with Gasteiger partial charge in [0.25, 0.3) is 5.91 Å². The number of halogens is 2. The van der Waals surface area contributed by atoms with Crippen LogP contribution in [-0.2, 0) is 0 Å². The summed E-state index contributed by atoms with van der Waals surface area (Å²) < 4.78 is 15.0. The van der Waals surface area contributed by atoms with Gasteiger partial charge in [-0.05, 0) is 30.3 Å². The normalized spacial score (nSPS) is 10.6. The Labute approximate surface area is 166 Å². The summed E-state index contributed by atoms with van der Waals surface area (Å²) in [7, 11) is 0. The van der Waals surface area contributed by atoms with Crippen LogP contribution in [0.3, 0.4) is 0 Å². The van der Waals surface area contributed by atoms with Gasteiger partial charge in [-0.3, -0.25) is 4.79 Å². The Kier molecular flexibility index (Phi) is 4.91. The largest absolute Gasteiger partial charge is 0.306 e. The Morgan fingerprint density at radius 1 is 0.929 bits per heavy atom. The first-order valence-corrected chi connectivity index (χ1v) is 8.97. The van der Waals surface area contributed by atoms with Crippen molar-refractivity contribution in [3.63, 3.8) is 0 Å². The molecule has 0 aliphatic rings. The van der Waals surface area contributed by atoms with E-state index in [1.54, 1.807) is 22.9 Å². The second kappa shape index (κ2) is 7.66. The van der Waals surface area contributed by atoms with E-state index in [-0.39, 0.29) is 5.56 Å². The molecule has 4 rings (SSSR count). The van der Waals surface area contributed by atoms with E-state index in [0.717, 1.165) is 5.56 Å². The van der Waals surface area contributed by atoms with E-state index in [9.17, 15) is 9.18 Å². The maximum Gasteiger partial charge on any atom is 0.256 e. The predicted molar refractivity (Wildman–Crippen MR) is 108 cm³/mol. The molecule has 0 atom stereocenters. The van der Waals surface area contributed by atoms with Crippen molar-refractivity contribution in [1.82, 2.24) is 9.78 Å². The molecule has 3 aromatic carbocycles. The maximum absolute atomic E-state index is 13.5. The van der Waals surface area contributed by atoms with Crippen molar-refractivity contribution in [3.8, 4) is 16.9 Å². The molecule has 0 saturated heterocycles. The highest BCUT2D eigenvalue weighted by Crippen LogP contribution is 2.28. The fourth-order valence-electron chi connectivity index (χ4n) is 2.85. The van der Waals surface area contributed by atoms with Crippen molar-refractivity contribution in [1.29, 1.82) is 0 Å². The quantitative estimate of drug-likeness (QED) is 0.493. The Bertz CT molecular complexity index is 1140. The number of para-hydroxylation sites is 1. The molecule has 138 valence electrons. The van der Waals surface area contributed by atoms with Crippen LogP contribution in [0.4, 0.5) is 10.2 Å². The SMILES string of the molecule is O=C(Nc1cc(-c2ccccc2)nn1-c1ccccc1Cl)c1cccc(F)c1. The van der Waals surface area contributed by atoms with Crippen LogP contribution >= 0.6 is 11.6 Å². The molecule has 0 spiro atoms. The van der Waals surface area contributed by atoms with Crippen LogP contribution in [0.2, 0.25) is 5.02 Å². The second-order valence-electron chi connectivity index (χ2n) is 6.11. The van der Waals surface area contributed by atoms with Crippen molar-refractivity contribution >= 4 is 23.3 Å². The number of hydrogen-bond acceptors (Lipinski definition) is 2. The van der Waals surface area contributed by atoms with E-state index in [4.69, 9.17) is 11.6 Å². The highest BCUT2D eigenvalue weighted by molar-refractivity contribution is 6.32. The summed E-state index contributed by atoms with van der Waals surface area (Å²) in [4.78, 5) is 12.6. The van der Waals surface area contributed by atoms with E-state index in [0.29, 0.717) is 22.2 Å². The minimum absolute atomic E-state index is 0.216. The first-order chi connectivity index (χ1) is 13.6. The molecule has 0 bridgehead atoms. The van der Waals surface area contributed by atoms with Crippen molar-refractivity contribution < 1.29 is 9.18 Å². The van der Waals surface area contributed by atoms with Gasteiger partial charge in [0.1, 0.15) is 11.6 Å². The molecule has 6 heteroatoms. The molecule has 0 aliphatic carbocycles. The van der Waals surface area contributed by atoms with Gasteiger partial charge in [-0.2, -0.15) is 5.10 Å². The lowest BCUT2D eigenvalue weighted by molar-refractivity contribution is 0.102. The number of carbonyl (C=O) groups is 1. The molecular weight excluding hydrogens is 377 g/mol. The van der Waals surface area contributed by atoms with Crippen molar-refractivity contribution in [3.05, 3.63) is 101 Å². The fourth-order valence-corrected chi connectivity index (χ4v) is 3.06. The lowest BCUT2D eigenvalue weighted by Gasteiger charge is -2.10. The summed E-state index contributed by atoms with van der Waals surface area (Å²) in [5.41, 5.74) is 2.42. The van der Waals surface area contributed by atoms with Gasteiger partial charge in [-0.1, -0.05) is 60.1 Å². The number of amides is 1. The summed E-state index contributed by atoms with van der Waals surface area (Å²) in [6.45, 7) is 0. The molecule has 1 amide bonds. The topological polar surface area (TPSA) is 46.9 Å². The summed E-state index contributed by atoms with van der Waals surface area (Å²) in [5.74, 6) is -0.481. The van der Waals surface area contributed by atoms with Crippen LogP contribution < -0.4 is 5.32 Å². The zero-order valence-corrected chi connectivity index (χ0v) is 15.4. The van der Waals surface area contributed by atoms with Gasteiger partial charge in [0.05, 0.1) is 16.4 Å². The van der Waals surface area contributed by atoms with Gasteiger partial charge >= 0.3 is 0 Å². The molecular formula is C22H15ClFN3O. The molecule has 0 fully saturated rings. The molecule has 0 radical (unpaired) electrons. The van der Waals surface area contributed by atoms with Crippen molar-refractivity contribution in [2.45, 2.75) is 0 Å². The van der Waals surface area contributed by atoms with Crippen LogP contribution in [-0.4, -0.2) is 15.7 Å². The highest BCUT2D eigenvalue weighted by atomic mass is 35.5. The second-order valence-corrected chi connectivity index (χ2v) is 6.52. The number of anilines is 1. The third-order valence-corrected chi connectivity index (χ3v) is 4.51. The number of nitrogens with one attached hydrogen (secondary N) is 1. The summed E-state index contributed by atoms with van der Waals surface area (Å²) >= 11 is 6.34. The molecule has 4 aromatic rings. The molecule has 0 aliphatic heterocycles. The van der Waals surface area contributed by atoms with Crippen molar-refractivity contribution in [2.24, 2.45) is 0 Å². The van der Waals surface area contributed by atoms with Crippen LogP contribution in [0.5, 0.6) is 0 Å². The maximum atomic E-state index is 13.5. The number of aromatic nitrogens is 2. The van der Waals surface area contributed by atoms with Gasteiger partial charge in [0.15, 0.2) is 0 Å². The minimum Gasteiger partial charge on any atom is -0.306 e. The number of rotatable bonds is 4. The Balaban J connectivity index is 1.77. The minimum atomic E-state index is -0.475. The zero-order chi connectivity index (χ0) is 19.5. The zero-order valence-electron chi connectivity index (χ0n) is 14.6. The van der Waals surface area contributed by atoms with E-state index < -0.39 is 11.7 Å². The third-order valence-electron chi connectivity index (χ3n) is 4.19. The number of benzene rings is 3. The summed E-state index contributed by atoms with van der Waals surface area (Å²) in [6.07, 6.45) is 0. The van der Waals surface area contributed by atoms with Gasteiger partial charge in [0, 0.05) is 17.2 Å². The van der Waals surface area contributed by atoms with E-state index in [2.05, 4.69) is 10.4 Å². The van der Waals surface area contributed by atoms with E-state index in [1.165, 1.54) is 18.2 Å². The van der Waals surface area contributed by atoms with E-state index >= 15 is 0 Å². The highest BCUT2D eigenvalue weighted by Gasteiger charge is 2.16. The molecule has 1 N–H and O–H groups in total. The van der Waals surface area contributed by atoms with Crippen LogP contribution in [0, 0.1) is 5.82 Å². The smallest absolute Gasteiger partial charge is 0.256 e. The summed E-state index contributed by atoms with van der Waals surface area (Å²) in [5, 5.41) is 7.92. The van der Waals surface area contributed by atoms with Crippen LogP contribution in [0.25, 0.3) is 16.9 Å².